The van der Waals surface area contributed by atoms with Crippen LogP contribution < -0.4 is 56.5 Å². The van der Waals surface area contributed by atoms with E-state index in [1.807, 2.05) is 0 Å². The van der Waals surface area contributed by atoms with Crippen LogP contribution in [0.15, 0.2) is 0 Å². The van der Waals surface area contributed by atoms with Crippen LogP contribution in [0.4, 0.5) is 0 Å². The average molecular weight is 140 g/mol. The van der Waals surface area contributed by atoms with Gasteiger partial charge in [0.2, 0.25) is 0 Å². The van der Waals surface area contributed by atoms with E-state index in [1.165, 1.54) is 0 Å². The molecule has 0 heterocycles. The molecule has 0 aliphatic heterocycles. The molecule has 44 valence electrons. The van der Waals surface area contributed by atoms with Crippen LogP contribution in [0, 0.1) is 0 Å². The van der Waals surface area contributed by atoms with Crippen molar-refractivity contribution in [3.8, 4) is 0 Å². The third kappa shape index (κ3) is 10.6. The summed E-state index contributed by atoms with van der Waals surface area (Å²) in [4.78, 5) is 0. The second-order valence-electron chi connectivity index (χ2n) is 1.95. The van der Waals surface area contributed by atoms with E-state index in [4.69, 9.17) is 0 Å². The van der Waals surface area contributed by atoms with E-state index in [1.54, 1.807) is 6.92 Å². The molecule has 0 aromatic carbocycles. The van der Waals surface area contributed by atoms with Crippen molar-refractivity contribution in [2.75, 3.05) is 0 Å². The smallest absolute Gasteiger partial charge is 0.852 e. The van der Waals surface area contributed by atoms with Gasteiger partial charge < -0.3 is 5.11 Å². The Morgan fingerprint density at radius 1 is 1.50 bits per heavy atom. The minimum absolute atomic E-state index is 0. The van der Waals surface area contributed by atoms with Crippen LogP contribution >= 0.6 is 0 Å². The van der Waals surface area contributed by atoms with Crippen molar-refractivity contribution in [3.05, 3.63) is 0 Å². The Bertz CT molecular complexity index is 37.5. The predicted molar refractivity (Wildman–Crippen MR) is 29.0 cm³/mol. The molecule has 1 unspecified atom stereocenters. The maximum absolute atomic E-state index is 10.3. The summed E-state index contributed by atoms with van der Waals surface area (Å²) in [6.45, 7) is 3.82. The van der Waals surface area contributed by atoms with Crippen molar-refractivity contribution in [1.29, 1.82) is 0 Å². The van der Waals surface area contributed by atoms with Crippen molar-refractivity contribution in [2.24, 2.45) is 0 Å². The fourth-order valence-corrected chi connectivity index (χ4v) is 0.492. The van der Waals surface area contributed by atoms with Crippen molar-refractivity contribution >= 4 is 0 Å². The molecule has 2 heteroatoms. The molecule has 0 radical (unpaired) electrons. The SMILES string of the molecule is CCCCC(C)[O-].[K+]. The quantitative estimate of drug-likeness (QED) is 0.413. The van der Waals surface area contributed by atoms with Gasteiger partial charge in [0.15, 0.2) is 0 Å². The molecule has 1 atom stereocenters. The minimum atomic E-state index is -0.347. The fraction of sp³-hybridized carbons (Fsp3) is 1.00. The first-order valence-corrected chi connectivity index (χ1v) is 2.93. The Balaban J connectivity index is 0. The molecule has 0 amide bonds. The van der Waals surface area contributed by atoms with E-state index >= 15 is 0 Å². The number of unbranched alkanes of at least 4 members (excludes halogenated alkanes) is 1. The minimum Gasteiger partial charge on any atom is -0.852 e. The molecular weight excluding hydrogens is 127 g/mol. The third-order valence-corrected chi connectivity index (χ3v) is 0.964. The normalized spacial score (nSPS) is 12.4. The van der Waals surface area contributed by atoms with Crippen LogP contribution in [0.5, 0.6) is 0 Å². The van der Waals surface area contributed by atoms with Gasteiger partial charge in [-0.25, -0.2) is 0 Å². The first-order valence-electron chi connectivity index (χ1n) is 2.93. The van der Waals surface area contributed by atoms with Gasteiger partial charge in [0.25, 0.3) is 0 Å². The molecule has 0 aromatic rings. The molecule has 0 bridgehead atoms. The van der Waals surface area contributed by atoms with Crippen LogP contribution in [0.2, 0.25) is 0 Å². The van der Waals surface area contributed by atoms with Crippen molar-refractivity contribution in [3.63, 3.8) is 0 Å². The van der Waals surface area contributed by atoms with Crippen LogP contribution in [0.25, 0.3) is 0 Å². The number of hydrogen-bond donors (Lipinski definition) is 0. The van der Waals surface area contributed by atoms with E-state index in [0.717, 1.165) is 19.3 Å². The zero-order valence-corrected chi connectivity index (χ0v) is 9.23. The largest absolute Gasteiger partial charge is 1.00 e. The van der Waals surface area contributed by atoms with Crippen molar-refractivity contribution < 1.29 is 56.5 Å². The standard InChI is InChI=1S/C6H13O.K/c1-3-4-5-6(2)7;/h6H,3-5H2,1-2H3;/q-1;+1. The van der Waals surface area contributed by atoms with Gasteiger partial charge in [-0.15, -0.1) is 6.10 Å². The number of rotatable bonds is 3. The molecule has 0 saturated heterocycles. The van der Waals surface area contributed by atoms with E-state index in [0.29, 0.717) is 0 Å². The molecule has 8 heavy (non-hydrogen) atoms. The summed E-state index contributed by atoms with van der Waals surface area (Å²) < 4.78 is 0. The summed E-state index contributed by atoms with van der Waals surface area (Å²) in [5.74, 6) is 0. The topological polar surface area (TPSA) is 23.1 Å². The Morgan fingerprint density at radius 3 is 2.12 bits per heavy atom. The molecule has 0 spiro atoms. The van der Waals surface area contributed by atoms with Gasteiger partial charge in [-0.1, -0.05) is 33.1 Å². The summed E-state index contributed by atoms with van der Waals surface area (Å²) in [6, 6.07) is 0. The van der Waals surface area contributed by atoms with Gasteiger partial charge in [0.1, 0.15) is 0 Å². The zero-order valence-electron chi connectivity index (χ0n) is 6.11. The van der Waals surface area contributed by atoms with Crippen LogP contribution in [0.1, 0.15) is 33.1 Å². The molecule has 0 aliphatic rings. The van der Waals surface area contributed by atoms with Gasteiger partial charge in [0.05, 0.1) is 0 Å². The second kappa shape index (κ2) is 8.60. The first kappa shape index (κ1) is 12.3. The summed E-state index contributed by atoms with van der Waals surface area (Å²) >= 11 is 0. The van der Waals surface area contributed by atoms with Crippen LogP contribution in [0.3, 0.4) is 0 Å². The summed E-state index contributed by atoms with van der Waals surface area (Å²) in [5.41, 5.74) is 0. The molecule has 0 N–H and O–H groups in total. The molecule has 0 aliphatic carbocycles. The maximum Gasteiger partial charge on any atom is 1.00 e. The average Bonchev–Trinajstić information content (AvgIpc) is 1.61. The van der Waals surface area contributed by atoms with Gasteiger partial charge in [-0.05, 0) is 0 Å². The fourth-order valence-electron chi connectivity index (χ4n) is 0.492. The summed E-state index contributed by atoms with van der Waals surface area (Å²) in [5, 5.41) is 10.3. The number of hydrogen-bond acceptors (Lipinski definition) is 1. The Kier molecular flexibility index (Phi) is 13.2. The summed E-state index contributed by atoms with van der Waals surface area (Å²) in [7, 11) is 0. The van der Waals surface area contributed by atoms with Crippen LogP contribution in [-0.2, 0) is 0 Å². The van der Waals surface area contributed by atoms with Crippen LogP contribution in [-0.4, -0.2) is 6.10 Å². The monoisotopic (exact) mass is 140 g/mol. The molecule has 0 rings (SSSR count). The Morgan fingerprint density at radius 2 is 2.00 bits per heavy atom. The van der Waals surface area contributed by atoms with Gasteiger partial charge in [-0.3, -0.25) is 0 Å². The zero-order chi connectivity index (χ0) is 5.70. The predicted octanol–water partition coefficient (Wildman–Crippen LogP) is -2.07. The molecule has 0 aromatic heterocycles. The Labute approximate surface area is 94.3 Å². The second-order valence-corrected chi connectivity index (χ2v) is 1.95. The third-order valence-electron chi connectivity index (χ3n) is 0.964. The molecule has 0 saturated carbocycles. The Hall–Kier alpha value is 1.60. The first-order chi connectivity index (χ1) is 3.27. The molecular formula is C6H13KO. The van der Waals surface area contributed by atoms with E-state index in [9.17, 15) is 5.11 Å². The maximum atomic E-state index is 10.3. The van der Waals surface area contributed by atoms with Gasteiger partial charge in [-0.2, -0.15) is 0 Å². The molecule has 1 nitrogen and oxygen atoms in total. The van der Waals surface area contributed by atoms with E-state index in [2.05, 4.69) is 6.92 Å². The van der Waals surface area contributed by atoms with Gasteiger partial charge in [0, 0.05) is 0 Å². The van der Waals surface area contributed by atoms with E-state index < -0.39 is 0 Å². The molecule has 0 fully saturated rings. The van der Waals surface area contributed by atoms with Crippen molar-refractivity contribution in [1.82, 2.24) is 0 Å². The van der Waals surface area contributed by atoms with E-state index in [-0.39, 0.29) is 57.5 Å². The summed E-state index contributed by atoms with van der Waals surface area (Å²) in [6.07, 6.45) is 2.73. The van der Waals surface area contributed by atoms with Crippen molar-refractivity contribution in [2.45, 2.75) is 39.2 Å². The van der Waals surface area contributed by atoms with Gasteiger partial charge >= 0.3 is 51.4 Å².